The summed E-state index contributed by atoms with van der Waals surface area (Å²) >= 11 is 8.03. The van der Waals surface area contributed by atoms with Crippen LogP contribution in [0.25, 0.3) is 21.7 Å². The lowest BCUT2D eigenvalue weighted by atomic mass is 9.85. The van der Waals surface area contributed by atoms with Crippen LogP contribution in [0.1, 0.15) is 51.4 Å². The van der Waals surface area contributed by atoms with Gasteiger partial charge in [-0.3, -0.25) is 14.5 Å². The molecule has 4 aromatic rings. The molecule has 0 spiro atoms. The van der Waals surface area contributed by atoms with Crippen molar-refractivity contribution in [3.8, 4) is 21.7 Å². The van der Waals surface area contributed by atoms with Gasteiger partial charge >= 0.3 is 0 Å². The van der Waals surface area contributed by atoms with E-state index in [1.807, 2.05) is 63.5 Å². The Balaban J connectivity index is 1.06. The number of aromatic nitrogens is 3. The number of thiazole rings is 1. The van der Waals surface area contributed by atoms with Crippen molar-refractivity contribution in [1.29, 1.82) is 0 Å². The number of β-amino-alcohol motifs (C(OH)–C–C–N with tert-alkyl or cyclic N) is 1. The van der Waals surface area contributed by atoms with Crippen molar-refractivity contribution in [2.45, 2.75) is 65.3 Å². The third-order valence-electron chi connectivity index (χ3n) is 10.2. The molecule has 5 N–H and O–H groups in total. The molecule has 2 amide bonds. The highest BCUT2D eigenvalue weighted by Crippen LogP contribution is 2.33. The number of nitrogen functional groups attached to an aromatic ring is 1. The first kappa shape index (κ1) is 39.1. The molecular weight excluding hydrogens is 722 g/mol. The summed E-state index contributed by atoms with van der Waals surface area (Å²) in [6.07, 6.45) is -0.340. The minimum absolute atomic E-state index is 0.0851. The number of rotatable bonds is 11. The Morgan fingerprint density at radius 1 is 1.07 bits per heavy atom. The van der Waals surface area contributed by atoms with E-state index in [1.165, 1.54) is 0 Å². The molecule has 4 heterocycles. The van der Waals surface area contributed by atoms with E-state index in [-0.39, 0.29) is 30.9 Å². The molecule has 2 aliphatic rings. The second-order valence-electron chi connectivity index (χ2n) is 15.3. The van der Waals surface area contributed by atoms with Crippen molar-refractivity contribution in [3.63, 3.8) is 0 Å². The molecular formula is C40H50ClN9O3S. The van der Waals surface area contributed by atoms with E-state index in [0.717, 1.165) is 32.9 Å². The van der Waals surface area contributed by atoms with Crippen LogP contribution >= 0.6 is 22.9 Å². The van der Waals surface area contributed by atoms with E-state index < -0.39 is 23.6 Å². The lowest BCUT2D eigenvalue weighted by molar-refractivity contribution is -0.140. The van der Waals surface area contributed by atoms with Gasteiger partial charge in [-0.15, -0.1) is 21.5 Å². The van der Waals surface area contributed by atoms with Gasteiger partial charge in [0, 0.05) is 56.4 Å². The molecule has 54 heavy (non-hydrogen) atoms. The van der Waals surface area contributed by atoms with E-state index >= 15 is 0 Å². The average Bonchev–Trinajstić information content (AvgIpc) is 3.76. The van der Waals surface area contributed by atoms with Gasteiger partial charge in [0.1, 0.15) is 6.04 Å². The van der Waals surface area contributed by atoms with Crippen molar-refractivity contribution in [2.75, 3.05) is 49.9 Å². The molecule has 0 radical (unpaired) electrons. The third-order valence-corrected chi connectivity index (χ3v) is 11.5. The van der Waals surface area contributed by atoms with Crippen LogP contribution in [-0.2, 0) is 9.59 Å². The zero-order valence-electron chi connectivity index (χ0n) is 31.6. The number of aliphatic hydroxyl groups excluding tert-OH is 1. The maximum absolute atomic E-state index is 14.3. The van der Waals surface area contributed by atoms with Gasteiger partial charge in [0.05, 0.1) is 51.2 Å². The molecule has 2 aromatic carbocycles. The van der Waals surface area contributed by atoms with Crippen LogP contribution in [0.2, 0.25) is 5.02 Å². The molecule has 12 nitrogen and oxygen atoms in total. The maximum Gasteiger partial charge on any atom is 0.246 e. The normalized spacial score (nSPS) is 19.0. The fourth-order valence-electron chi connectivity index (χ4n) is 7.16. The molecule has 2 fully saturated rings. The molecule has 6 rings (SSSR count). The molecule has 0 saturated carbocycles. The molecule has 4 atom stereocenters. The molecule has 2 aromatic heterocycles. The molecule has 0 bridgehead atoms. The number of aryl methyl sites for hydroxylation is 1. The van der Waals surface area contributed by atoms with Gasteiger partial charge in [-0.2, -0.15) is 0 Å². The predicted octanol–water partition coefficient (Wildman–Crippen LogP) is 5.29. The molecule has 0 unspecified atom stereocenters. The number of halogens is 1. The minimum atomic E-state index is -0.807. The topological polar surface area (TPSA) is 153 Å². The summed E-state index contributed by atoms with van der Waals surface area (Å²) in [5, 5.41) is 26.3. The SMILES string of the molecule is C=C(N[C@@H](C)c1ccc(-c2scnc2C)cc1)[C@@H]1C[C@@H](O)CN1C(=O)[C@@H](NC(=O)CN1CCN(c2cc(-c3ccccc3Cl)nnc2N)CC1)C(C)(C)C. The van der Waals surface area contributed by atoms with E-state index in [2.05, 4.69) is 73.4 Å². The Morgan fingerprint density at radius 3 is 2.43 bits per heavy atom. The maximum atomic E-state index is 14.3. The highest BCUT2D eigenvalue weighted by Gasteiger charge is 2.43. The van der Waals surface area contributed by atoms with Gasteiger partial charge in [0.2, 0.25) is 11.8 Å². The Morgan fingerprint density at radius 2 is 1.78 bits per heavy atom. The molecule has 2 saturated heterocycles. The van der Waals surface area contributed by atoms with E-state index in [1.54, 1.807) is 16.2 Å². The lowest BCUT2D eigenvalue weighted by Crippen LogP contribution is -2.58. The number of carbonyl (C=O) groups is 2. The zero-order chi connectivity index (χ0) is 38.7. The van der Waals surface area contributed by atoms with Crippen LogP contribution in [0.15, 0.2) is 72.4 Å². The van der Waals surface area contributed by atoms with Crippen LogP contribution < -0.4 is 21.3 Å². The monoisotopic (exact) mass is 771 g/mol. The number of piperazine rings is 1. The van der Waals surface area contributed by atoms with Crippen molar-refractivity contribution < 1.29 is 14.7 Å². The highest BCUT2D eigenvalue weighted by molar-refractivity contribution is 7.13. The Labute approximate surface area is 326 Å². The number of benzene rings is 2. The minimum Gasteiger partial charge on any atom is -0.391 e. The standard InChI is InChI=1S/C40H50ClN9O3S/c1-24(27-11-13-28(14-12-27)36-26(3)43-23-54-36)44-25(2)33-19-29(51)21-50(33)39(53)37(40(4,5)6)45-35(52)22-48-15-17-49(18-16-48)34-20-32(46-47-38(34)42)30-9-7-8-10-31(30)41/h7-14,20,23-24,29,33,37,44,51H,2,15-19,21-22H2,1,3-6H3,(H2,42,47)(H,45,52)/t24-,29+,33-,37+/m0/s1. The summed E-state index contributed by atoms with van der Waals surface area (Å²) in [6.45, 7) is 17.0. The summed E-state index contributed by atoms with van der Waals surface area (Å²) in [5.41, 5.74) is 13.6. The quantitative estimate of drug-likeness (QED) is 0.158. The number of hydrogen-bond acceptors (Lipinski definition) is 11. The van der Waals surface area contributed by atoms with E-state index in [4.69, 9.17) is 17.3 Å². The van der Waals surface area contributed by atoms with Crippen molar-refractivity contribution in [2.24, 2.45) is 5.41 Å². The Kier molecular flexibility index (Phi) is 11.9. The third kappa shape index (κ3) is 8.86. The van der Waals surface area contributed by atoms with Gasteiger partial charge in [-0.05, 0) is 42.5 Å². The number of nitrogens with zero attached hydrogens (tertiary/aromatic N) is 6. The first-order valence-electron chi connectivity index (χ1n) is 18.3. The second-order valence-corrected chi connectivity index (χ2v) is 16.5. The lowest BCUT2D eigenvalue weighted by Gasteiger charge is -2.38. The first-order chi connectivity index (χ1) is 25.7. The number of aliphatic hydroxyl groups is 1. The van der Waals surface area contributed by atoms with Gasteiger partial charge in [-0.25, -0.2) is 4.98 Å². The van der Waals surface area contributed by atoms with E-state index in [9.17, 15) is 14.7 Å². The fraction of sp³-hybridized carbons (Fsp3) is 0.425. The summed E-state index contributed by atoms with van der Waals surface area (Å²) in [4.78, 5) is 39.2. The first-order valence-corrected chi connectivity index (χ1v) is 19.5. The van der Waals surface area contributed by atoms with Crippen molar-refractivity contribution >= 4 is 46.3 Å². The van der Waals surface area contributed by atoms with Gasteiger partial charge in [0.25, 0.3) is 0 Å². The molecule has 2 aliphatic heterocycles. The summed E-state index contributed by atoms with van der Waals surface area (Å²) in [5.74, 6) is -0.142. The predicted molar refractivity (Wildman–Crippen MR) is 216 cm³/mol. The highest BCUT2D eigenvalue weighted by atomic mass is 35.5. The van der Waals surface area contributed by atoms with Crippen LogP contribution in [0.4, 0.5) is 11.5 Å². The smallest absolute Gasteiger partial charge is 0.246 e. The number of nitrogens with two attached hydrogens (primary N) is 1. The number of anilines is 2. The van der Waals surface area contributed by atoms with Crippen molar-refractivity contribution in [1.82, 2.24) is 35.6 Å². The summed E-state index contributed by atoms with van der Waals surface area (Å²) < 4.78 is 0. The van der Waals surface area contributed by atoms with Crippen LogP contribution in [0.5, 0.6) is 0 Å². The number of hydrogen-bond donors (Lipinski definition) is 4. The van der Waals surface area contributed by atoms with Crippen molar-refractivity contribution in [3.05, 3.63) is 88.7 Å². The fourth-order valence-corrected chi connectivity index (χ4v) is 8.21. The molecule has 14 heteroatoms. The molecule has 0 aliphatic carbocycles. The van der Waals surface area contributed by atoms with Crippen LogP contribution in [0.3, 0.4) is 0 Å². The summed E-state index contributed by atoms with van der Waals surface area (Å²) in [6, 6.07) is 16.4. The molecule has 286 valence electrons. The van der Waals surface area contributed by atoms with Gasteiger partial charge < -0.3 is 31.3 Å². The van der Waals surface area contributed by atoms with Crippen LogP contribution in [0, 0.1) is 12.3 Å². The largest absolute Gasteiger partial charge is 0.391 e. The number of nitrogens with one attached hydrogen (secondary N) is 2. The van der Waals surface area contributed by atoms with E-state index in [0.29, 0.717) is 54.8 Å². The average molecular weight is 772 g/mol. The zero-order valence-corrected chi connectivity index (χ0v) is 33.1. The summed E-state index contributed by atoms with van der Waals surface area (Å²) in [7, 11) is 0. The number of amides is 2. The van der Waals surface area contributed by atoms with Crippen LogP contribution in [-0.4, -0.2) is 99.4 Å². The number of likely N-dealkylation sites (tertiary alicyclic amines) is 1. The van der Waals surface area contributed by atoms with Gasteiger partial charge in [-0.1, -0.05) is 81.4 Å². The van der Waals surface area contributed by atoms with Gasteiger partial charge in [0.15, 0.2) is 5.82 Å². The second kappa shape index (κ2) is 16.4. The Hall–Kier alpha value is -4.56. The Bertz CT molecular complexity index is 1970. The number of carbonyl (C=O) groups excluding carboxylic acids is 2.